The molecule has 1 aromatic rings. The Morgan fingerprint density at radius 2 is 1.76 bits per heavy atom. The molecule has 1 aromatic carbocycles. The van der Waals surface area contributed by atoms with Gasteiger partial charge in [-0.25, -0.2) is 4.39 Å². The largest absolute Gasteiger partial charge is 0.294 e. The van der Waals surface area contributed by atoms with Gasteiger partial charge in [-0.2, -0.15) is 0 Å². The minimum Gasteiger partial charge on any atom is -0.294 e. The maximum absolute atomic E-state index is 11.5. The highest BCUT2D eigenvalue weighted by molar-refractivity contribution is 9.10. The lowest BCUT2D eigenvalue weighted by Gasteiger charge is -1.99. The molecule has 0 saturated heterocycles. The number of rotatable bonds is 4. The summed E-state index contributed by atoms with van der Waals surface area (Å²) >= 11 is 3.34. The molecule has 0 amide bonds. The lowest BCUT2D eigenvalue weighted by Crippen LogP contribution is -1.97. The second-order valence-electron chi connectivity index (χ2n) is 4.05. The molecule has 0 spiro atoms. The first kappa shape index (κ1) is 16.3. The number of carbonyl (C=O) groups excluding carboxylic acids is 1. The number of benzene rings is 1. The molecule has 1 nitrogen and oxygen atoms in total. The second-order valence-corrected chi connectivity index (χ2v) is 4.96. The molecule has 0 radical (unpaired) electrons. The molecule has 0 saturated carbocycles. The minimum absolute atomic E-state index is 0.245. The van der Waals surface area contributed by atoms with Crippen molar-refractivity contribution in [2.45, 2.75) is 46.2 Å². The molecule has 17 heavy (non-hydrogen) atoms. The SMILES string of the molecule is CC(C)F.CCCCC(=O)c1ccc(Br)cc1. The predicted octanol–water partition coefficient (Wildman–Crippen LogP) is 5.19. The topological polar surface area (TPSA) is 17.1 Å². The highest BCUT2D eigenvalue weighted by atomic mass is 79.9. The van der Waals surface area contributed by atoms with Gasteiger partial charge in [-0.15, -0.1) is 0 Å². The zero-order chi connectivity index (χ0) is 13.3. The summed E-state index contributed by atoms with van der Waals surface area (Å²) in [6.45, 7) is 5.09. The number of unbranched alkanes of at least 4 members (excludes halogenated alkanes) is 1. The van der Waals surface area contributed by atoms with Gasteiger partial charge in [0.25, 0.3) is 0 Å². The van der Waals surface area contributed by atoms with Crippen LogP contribution in [0.3, 0.4) is 0 Å². The summed E-state index contributed by atoms with van der Waals surface area (Å²) in [7, 11) is 0. The van der Waals surface area contributed by atoms with Gasteiger partial charge in [-0.3, -0.25) is 4.79 Å². The van der Waals surface area contributed by atoms with Gasteiger partial charge >= 0.3 is 0 Å². The fraction of sp³-hybridized carbons (Fsp3) is 0.500. The molecule has 96 valence electrons. The van der Waals surface area contributed by atoms with Gasteiger partial charge in [0.15, 0.2) is 5.78 Å². The van der Waals surface area contributed by atoms with E-state index in [9.17, 15) is 9.18 Å². The minimum atomic E-state index is -0.667. The summed E-state index contributed by atoms with van der Waals surface area (Å²) < 4.78 is 12.0. The van der Waals surface area contributed by atoms with E-state index in [0.29, 0.717) is 6.42 Å². The maximum atomic E-state index is 11.5. The van der Waals surface area contributed by atoms with E-state index in [2.05, 4.69) is 22.9 Å². The summed E-state index contributed by atoms with van der Waals surface area (Å²) in [4.78, 5) is 11.5. The van der Waals surface area contributed by atoms with E-state index < -0.39 is 6.17 Å². The summed E-state index contributed by atoms with van der Waals surface area (Å²) in [5.74, 6) is 0.245. The molecule has 0 N–H and O–H groups in total. The van der Waals surface area contributed by atoms with Crippen LogP contribution in [0.2, 0.25) is 0 Å². The van der Waals surface area contributed by atoms with Crippen LogP contribution < -0.4 is 0 Å². The lowest BCUT2D eigenvalue weighted by atomic mass is 10.1. The Bertz CT molecular complexity index is 317. The fourth-order valence-corrected chi connectivity index (χ4v) is 1.38. The number of halogens is 2. The first-order chi connectivity index (χ1) is 7.97. The number of carbonyl (C=O) groups is 1. The van der Waals surface area contributed by atoms with E-state index in [1.165, 1.54) is 13.8 Å². The van der Waals surface area contributed by atoms with Crippen molar-refractivity contribution in [1.82, 2.24) is 0 Å². The lowest BCUT2D eigenvalue weighted by molar-refractivity contribution is 0.0980. The number of Topliss-reactive ketones (excluding diaryl/α,β-unsaturated/α-hetero) is 1. The van der Waals surface area contributed by atoms with Gasteiger partial charge in [0.05, 0.1) is 6.17 Å². The van der Waals surface area contributed by atoms with Crippen molar-refractivity contribution in [3.8, 4) is 0 Å². The molecular formula is C14H20BrFO. The van der Waals surface area contributed by atoms with Gasteiger partial charge in [0.1, 0.15) is 0 Å². The second kappa shape index (κ2) is 9.34. The number of hydrogen-bond acceptors (Lipinski definition) is 1. The average Bonchev–Trinajstić information content (AvgIpc) is 2.26. The predicted molar refractivity (Wildman–Crippen MR) is 74.2 cm³/mol. The zero-order valence-corrected chi connectivity index (χ0v) is 12.3. The van der Waals surface area contributed by atoms with Crippen LogP contribution in [0, 0.1) is 0 Å². The normalized spacial score (nSPS) is 9.76. The van der Waals surface area contributed by atoms with Gasteiger partial charge in [-0.1, -0.05) is 41.4 Å². The van der Waals surface area contributed by atoms with E-state index in [1.54, 1.807) is 0 Å². The first-order valence-corrected chi connectivity index (χ1v) is 6.69. The van der Waals surface area contributed by atoms with Crippen LogP contribution in [0.25, 0.3) is 0 Å². The Hall–Kier alpha value is -0.700. The van der Waals surface area contributed by atoms with Gasteiger partial charge in [0, 0.05) is 16.5 Å². The van der Waals surface area contributed by atoms with Crippen molar-refractivity contribution in [1.29, 1.82) is 0 Å². The van der Waals surface area contributed by atoms with Gasteiger partial charge in [0.2, 0.25) is 0 Å². The van der Waals surface area contributed by atoms with Crippen molar-refractivity contribution in [3.63, 3.8) is 0 Å². The summed E-state index contributed by atoms with van der Waals surface area (Å²) in [5.41, 5.74) is 0.816. The third-order valence-electron chi connectivity index (χ3n) is 1.92. The van der Waals surface area contributed by atoms with Crippen molar-refractivity contribution >= 4 is 21.7 Å². The molecule has 0 heterocycles. The summed E-state index contributed by atoms with van der Waals surface area (Å²) in [6, 6.07) is 7.53. The Morgan fingerprint density at radius 3 is 2.18 bits per heavy atom. The van der Waals surface area contributed by atoms with Gasteiger partial charge < -0.3 is 0 Å². The van der Waals surface area contributed by atoms with Gasteiger partial charge in [-0.05, 0) is 32.4 Å². The van der Waals surface area contributed by atoms with E-state index in [-0.39, 0.29) is 5.78 Å². The average molecular weight is 303 g/mol. The number of ketones is 1. The molecule has 0 unspecified atom stereocenters. The van der Waals surface area contributed by atoms with Crippen molar-refractivity contribution in [3.05, 3.63) is 34.3 Å². The van der Waals surface area contributed by atoms with Crippen LogP contribution in [-0.2, 0) is 0 Å². The summed E-state index contributed by atoms with van der Waals surface area (Å²) in [5, 5.41) is 0. The molecule has 0 bridgehead atoms. The number of hydrogen-bond donors (Lipinski definition) is 0. The van der Waals surface area contributed by atoms with Crippen LogP contribution in [-0.4, -0.2) is 12.0 Å². The third-order valence-corrected chi connectivity index (χ3v) is 2.45. The van der Waals surface area contributed by atoms with Crippen molar-refractivity contribution in [2.24, 2.45) is 0 Å². The first-order valence-electron chi connectivity index (χ1n) is 5.90. The van der Waals surface area contributed by atoms with Crippen LogP contribution in [0.4, 0.5) is 4.39 Å². The van der Waals surface area contributed by atoms with E-state index in [1.807, 2.05) is 24.3 Å². The van der Waals surface area contributed by atoms with E-state index in [0.717, 1.165) is 22.9 Å². The van der Waals surface area contributed by atoms with Crippen LogP contribution in [0.1, 0.15) is 50.4 Å². The fourth-order valence-electron chi connectivity index (χ4n) is 1.12. The Labute approximate surface area is 112 Å². The molecule has 0 atom stereocenters. The monoisotopic (exact) mass is 302 g/mol. The van der Waals surface area contributed by atoms with Crippen molar-refractivity contribution in [2.75, 3.05) is 0 Å². The summed E-state index contributed by atoms with van der Waals surface area (Å²) in [6.07, 6.45) is 2.05. The third kappa shape index (κ3) is 9.04. The van der Waals surface area contributed by atoms with Crippen molar-refractivity contribution < 1.29 is 9.18 Å². The zero-order valence-electron chi connectivity index (χ0n) is 10.7. The highest BCUT2D eigenvalue weighted by Crippen LogP contribution is 2.12. The maximum Gasteiger partial charge on any atom is 0.162 e. The quantitative estimate of drug-likeness (QED) is 0.700. The molecule has 0 fully saturated rings. The number of alkyl halides is 1. The van der Waals surface area contributed by atoms with E-state index >= 15 is 0 Å². The van der Waals surface area contributed by atoms with Crippen LogP contribution in [0.15, 0.2) is 28.7 Å². The highest BCUT2D eigenvalue weighted by Gasteiger charge is 2.03. The van der Waals surface area contributed by atoms with Crippen LogP contribution >= 0.6 is 15.9 Å². The molecule has 0 aliphatic carbocycles. The Kier molecular flexibility index (Phi) is 8.96. The Morgan fingerprint density at radius 1 is 1.29 bits per heavy atom. The molecular weight excluding hydrogens is 283 g/mol. The molecule has 0 aromatic heterocycles. The van der Waals surface area contributed by atoms with E-state index in [4.69, 9.17) is 0 Å². The molecule has 0 aliphatic rings. The van der Waals surface area contributed by atoms with Crippen LogP contribution in [0.5, 0.6) is 0 Å². The molecule has 0 aliphatic heterocycles. The Balaban J connectivity index is 0.000000557. The standard InChI is InChI=1S/C11H13BrO.C3H7F/c1-2-3-4-11(13)9-5-7-10(12)8-6-9;1-3(2)4/h5-8H,2-4H2,1H3;3H,1-2H3. The molecule has 3 heteroatoms. The molecule has 1 rings (SSSR count). The smallest absolute Gasteiger partial charge is 0.162 e.